The highest BCUT2D eigenvalue weighted by molar-refractivity contribution is 9.10. The van der Waals surface area contributed by atoms with Crippen LogP contribution in [0.25, 0.3) is 6.08 Å². The van der Waals surface area contributed by atoms with Crippen molar-refractivity contribution in [1.29, 1.82) is 0 Å². The number of amidine groups is 1. The van der Waals surface area contributed by atoms with Gasteiger partial charge in [-0.1, -0.05) is 34.1 Å². The third-order valence-electron chi connectivity index (χ3n) is 4.69. The number of carbonyl (C=O) groups excluding carboxylic acids is 1. The summed E-state index contributed by atoms with van der Waals surface area (Å²) in [5.74, 6) is 1.68. The van der Waals surface area contributed by atoms with Crippen molar-refractivity contribution >= 4 is 51.1 Å². The molecule has 1 amide bonds. The van der Waals surface area contributed by atoms with Gasteiger partial charge >= 0.3 is 0 Å². The van der Waals surface area contributed by atoms with Gasteiger partial charge in [-0.05, 0) is 65.4 Å². The van der Waals surface area contributed by atoms with Crippen LogP contribution in [0.1, 0.15) is 16.9 Å². The molecule has 1 aliphatic rings. The Balaban J connectivity index is 1.63. The molecule has 0 spiro atoms. The number of methoxy groups -OCH3 is 2. The Labute approximate surface area is 203 Å². The predicted molar refractivity (Wildman–Crippen MR) is 134 cm³/mol. The molecule has 33 heavy (non-hydrogen) atoms. The highest BCUT2D eigenvalue weighted by Gasteiger charge is 2.34. The van der Waals surface area contributed by atoms with Gasteiger partial charge in [0.15, 0.2) is 16.7 Å². The number of nitrogens with zero attached hydrogens (tertiary/aromatic N) is 3. The molecule has 0 saturated carbocycles. The van der Waals surface area contributed by atoms with Gasteiger partial charge in [0, 0.05) is 4.47 Å². The van der Waals surface area contributed by atoms with Crippen LogP contribution in [0.2, 0.25) is 0 Å². The van der Waals surface area contributed by atoms with Crippen molar-refractivity contribution in [3.05, 3.63) is 87.1 Å². The van der Waals surface area contributed by atoms with Gasteiger partial charge in [-0.3, -0.25) is 9.69 Å². The van der Waals surface area contributed by atoms with Crippen LogP contribution in [0.3, 0.4) is 0 Å². The van der Waals surface area contributed by atoms with Crippen LogP contribution in [0.5, 0.6) is 11.5 Å². The molecule has 9 heteroatoms. The van der Waals surface area contributed by atoms with Crippen molar-refractivity contribution in [3.8, 4) is 11.5 Å². The summed E-state index contributed by atoms with van der Waals surface area (Å²) in [6.07, 6.45) is 5.01. The monoisotopic (exact) mass is 525 g/mol. The minimum absolute atomic E-state index is 0.178. The number of amides is 1. The third kappa shape index (κ3) is 5.55. The van der Waals surface area contributed by atoms with E-state index in [-0.39, 0.29) is 12.5 Å². The summed E-state index contributed by atoms with van der Waals surface area (Å²) in [7, 11) is 3.15. The second-order valence-corrected chi connectivity index (χ2v) is 8.80. The summed E-state index contributed by atoms with van der Waals surface area (Å²) < 4.78 is 17.0. The fraction of sp³-hybridized carbons (Fsp3) is 0.125. The molecule has 0 radical (unpaired) electrons. The van der Waals surface area contributed by atoms with Crippen molar-refractivity contribution in [2.45, 2.75) is 6.54 Å². The van der Waals surface area contributed by atoms with E-state index in [1.807, 2.05) is 42.5 Å². The Kier molecular flexibility index (Phi) is 7.31. The Morgan fingerprint density at radius 2 is 1.91 bits per heavy atom. The van der Waals surface area contributed by atoms with E-state index in [1.54, 1.807) is 49.8 Å². The topological polar surface area (TPSA) is 76.6 Å². The number of rotatable bonds is 7. The van der Waals surface area contributed by atoms with Gasteiger partial charge in [0.2, 0.25) is 0 Å². The molecule has 0 atom stereocenters. The van der Waals surface area contributed by atoms with Crippen LogP contribution in [0.15, 0.2) is 84.9 Å². The van der Waals surface area contributed by atoms with Gasteiger partial charge < -0.3 is 13.9 Å². The van der Waals surface area contributed by atoms with Crippen LogP contribution < -0.4 is 9.47 Å². The van der Waals surface area contributed by atoms with E-state index in [4.69, 9.17) is 13.9 Å². The van der Waals surface area contributed by atoms with Crippen molar-refractivity contribution in [2.75, 3.05) is 14.2 Å². The number of carbonyl (C=O) groups is 1. The highest BCUT2D eigenvalue weighted by Crippen LogP contribution is 2.35. The first-order chi connectivity index (χ1) is 16.1. The zero-order valence-electron chi connectivity index (χ0n) is 17.9. The molecule has 0 unspecified atom stereocenters. The maximum atomic E-state index is 13.2. The van der Waals surface area contributed by atoms with Crippen molar-refractivity contribution < 1.29 is 18.7 Å². The molecule has 1 aromatic heterocycles. The smallest absolute Gasteiger partial charge is 0.267 e. The van der Waals surface area contributed by atoms with Gasteiger partial charge in [-0.2, -0.15) is 5.10 Å². The SMILES string of the molecule is COc1ccc(/C=C2\S/C(=N/N=C\c3cccc(Br)c3)N(Cc3ccco3)C2=O)cc1OC. The number of furan rings is 1. The summed E-state index contributed by atoms with van der Waals surface area (Å²) in [6.45, 7) is 0.257. The lowest BCUT2D eigenvalue weighted by Gasteiger charge is -2.12. The molecule has 2 heterocycles. The third-order valence-corrected chi connectivity index (χ3v) is 6.18. The normalized spacial score (nSPS) is 16.3. The molecule has 4 rings (SSSR count). The van der Waals surface area contributed by atoms with Crippen LogP contribution in [0, 0.1) is 0 Å². The van der Waals surface area contributed by atoms with E-state index in [9.17, 15) is 4.79 Å². The molecule has 1 saturated heterocycles. The maximum Gasteiger partial charge on any atom is 0.267 e. The maximum absolute atomic E-state index is 13.2. The average molecular weight is 526 g/mol. The lowest BCUT2D eigenvalue weighted by Crippen LogP contribution is -2.28. The average Bonchev–Trinajstić information content (AvgIpc) is 3.43. The second-order valence-electron chi connectivity index (χ2n) is 6.88. The number of thioether (sulfide) groups is 1. The van der Waals surface area contributed by atoms with Crippen LogP contribution in [-0.4, -0.2) is 36.4 Å². The van der Waals surface area contributed by atoms with E-state index < -0.39 is 0 Å². The predicted octanol–water partition coefficient (Wildman–Crippen LogP) is 5.57. The quantitative estimate of drug-likeness (QED) is 0.229. The van der Waals surface area contributed by atoms with Crippen LogP contribution in [0.4, 0.5) is 0 Å². The number of ether oxygens (including phenoxy) is 2. The molecule has 2 aromatic carbocycles. The zero-order valence-corrected chi connectivity index (χ0v) is 20.3. The van der Waals surface area contributed by atoms with Gasteiger partial charge in [-0.15, -0.1) is 5.10 Å². The molecular formula is C24H20BrN3O4S. The number of hydrogen-bond acceptors (Lipinski definition) is 7. The summed E-state index contributed by atoms with van der Waals surface area (Å²) in [5, 5.41) is 9.00. The lowest BCUT2D eigenvalue weighted by atomic mass is 10.2. The van der Waals surface area contributed by atoms with Crippen LogP contribution in [-0.2, 0) is 11.3 Å². The number of benzene rings is 2. The Bertz CT molecular complexity index is 1240. The minimum atomic E-state index is -0.178. The fourth-order valence-corrected chi connectivity index (χ4v) is 4.46. The molecule has 0 bridgehead atoms. The fourth-order valence-electron chi connectivity index (χ4n) is 3.11. The zero-order chi connectivity index (χ0) is 23.2. The van der Waals surface area contributed by atoms with Crippen molar-refractivity contribution in [2.24, 2.45) is 10.2 Å². The van der Waals surface area contributed by atoms with Gasteiger partial charge in [-0.25, -0.2) is 0 Å². The van der Waals surface area contributed by atoms with E-state index in [2.05, 4.69) is 26.1 Å². The van der Waals surface area contributed by atoms with E-state index >= 15 is 0 Å². The van der Waals surface area contributed by atoms with Crippen LogP contribution >= 0.6 is 27.7 Å². The molecule has 1 fully saturated rings. The molecule has 7 nitrogen and oxygen atoms in total. The first kappa shape index (κ1) is 22.9. The molecule has 3 aromatic rings. The Morgan fingerprint density at radius 1 is 1.06 bits per heavy atom. The van der Waals surface area contributed by atoms with Gasteiger partial charge in [0.1, 0.15) is 5.76 Å². The molecule has 168 valence electrons. The Morgan fingerprint density at radius 3 is 2.64 bits per heavy atom. The van der Waals surface area contributed by atoms with E-state index in [0.29, 0.717) is 27.3 Å². The molecule has 1 aliphatic heterocycles. The lowest BCUT2D eigenvalue weighted by molar-refractivity contribution is -0.122. The molecule has 0 aliphatic carbocycles. The largest absolute Gasteiger partial charge is 0.493 e. The number of hydrogen-bond donors (Lipinski definition) is 0. The van der Waals surface area contributed by atoms with E-state index in [0.717, 1.165) is 15.6 Å². The summed E-state index contributed by atoms with van der Waals surface area (Å²) >= 11 is 4.70. The standard InChI is InChI=1S/C24H20BrN3O4S/c1-30-20-9-8-16(12-21(20)31-2)13-22-23(29)28(15-19-7-4-10-32-19)24(33-22)27-26-14-17-5-3-6-18(25)11-17/h3-14H,15H2,1-2H3/b22-13-,26-14-,27-24+. The number of halogens is 1. The summed E-state index contributed by atoms with van der Waals surface area (Å²) in [6, 6.07) is 16.8. The molecule has 0 N–H and O–H groups in total. The summed E-state index contributed by atoms with van der Waals surface area (Å²) in [5.41, 5.74) is 1.70. The Hall–Kier alpha value is -3.30. The first-order valence-corrected chi connectivity index (χ1v) is 11.5. The van der Waals surface area contributed by atoms with Gasteiger partial charge in [0.25, 0.3) is 5.91 Å². The minimum Gasteiger partial charge on any atom is -0.493 e. The highest BCUT2D eigenvalue weighted by atomic mass is 79.9. The first-order valence-electron chi connectivity index (χ1n) is 9.90. The van der Waals surface area contributed by atoms with E-state index in [1.165, 1.54) is 11.8 Å². The second kappa shape index (κ2) is 10.5. The van der Waals surface area contributed by atoms with Gasteiger partial charge in [0.05, 0.1) is 38.1 Å². The summed E-state index contributed by atoms with van der Waals surface area (Å²) in [4.78, 5) is 15.3. The molecular weight excluding hydrogens is 506 g/mol. The van der Waals surface area contributed by atoms with Crippen molar-refractivity contribution in [3.63, 3.8) is 0 Å². The van der Waals surface area contributed by atoms with Crippen molar-refractivity contribution in [1.82, 2.24) is 4.90 Å².